The number of carbonyl (C=O) groups excluding carboxylic acids is 3. The highest BCUT2D eigenvalue weighted by Gasteiger charge is 2.29. The van der Waals surface area contributed by atoms with Gasteiger partial charge in [-0.15, -0.1) is 0 Å². The third-order valence-corrected chi connectivity index (χ3v) is 3.61. The summed E-state index contributed by atoms with van der Waals surface area (Å²) in [6.07, 6.45) is -1.05. The highest BCUT2D eigenvalue weighted by Crippen LogP contribution is 2.35. The maximum atomic E-state index is 14.5. The van der Waals surface area contributed by atoms with E-state index < -0.39 is 29.7 Å². The lowest BCUT2D eigenvalue weighted by atomic mass is 10.2. The molecule has 2 N–H and O–H groups in total. The summed E-state index contributed by atoms with van der Waals surface area (Å²) in [6, 6.07) is 0.861. The van der Waals surface area contributed by atoms with Crippen LogP contribution in [0.2, 0.25) is 0 Å². The van der Waals surface area contributed by atoms with E-state index in [1.54, 1.807) is 6.92 Å². The van der Waals surface area contributed by atoms with Gasteiger partial charge in [0.1, 0.15) is 11.5 Å². The molecule has 0 spiro atoms. The first-order valence-corrected chi connectivity index (χ1v) is 8.12. The van der Waals surface area contributed by atoms with Gasteiger partial charge in [0.25, 0.3) is 0 Å². The number of urea groups is 1. The minimum atomic E-state index is -1.13. The maximum absolute atomic E-state index is 14.5. The van der Waals surface area contributed by atoms with E-state index in [-0.39, 0.29) is 22.5 Å². The number of primary amides is 1. The van der Waals surface area contributed by atoms with Gasteiger partial charge in [0.2, 0.25) is 0 Å². The second kappa shape index (κ2) is 9.18. The number of amides is 2. The van der Waals surface area contributed by atoms with Gasteiger partial charge in [-0.2, -0.15) is 0 Å². The van der Waals surface area contributed by atoms with E-state index in [1.807, 2.05) is 0 Å². The molecule has 0 aromatic heterocycles. The standard InChI is InChI=1S/C16H18BrFN2O6/c1-5-25-14(21)13(8(2)3)20(15(19)22)11-7-12(26-16(23)24-4)9(17)6-10(11)18/h6-7H,5H2,1-4H3,(H2,19,22). The number of nitrogens with two attached hydrogens (primary N) is 1. The number of methoxy groups -OCH3 is 1. The molecule has 0 saturated heterocycles. The van der Waals surface area contributed by atoms with Crippen molar-refractivity contribution in [3.63, 3.8) is 0 Å². The summed E-state index contributed by atoms with van der Waals surface area (Å²) in [5.41, 5.74) is 5.08. The Morgan fingerprint density at radius 3 is 2.35 bits per heavy atom. The van der Waals surface area contributed by atoms with Crippen molar-refractivity contribution >= 4 is 39.8 Å². The molecule has 0 fully saturated rings. The van der Waals surface area contributed by atoms with Crippen LogP contribution in [0.15, 0.2) is 27.9 Å². The van der Waals surface area contributed by atoms with Crippen LogP contribution in [0.5, 0.6) is 5.75 Å². The fourth-order valence-corrected chi connectivity index (χ4v) is 2.36. The van der Waals surface area contributed by atoms with Gasteiger partial charge in [-0.25, -0.2) is 18.8 Å². The Bertz CT molecular complexity index is 761. The molecule has 1 aromatic carbocycles. The van der Waals surface area contributed by atoms with Gasteiger partial charge in [-0.1, -0.05) is 0 Å². The Hall–Kier alpha value is -2.62. The predicted octanol–water partition coefficient (Wildman–Crippen LogP) is 3.48. The molecule has 0 radical (unpaired) electrons. The zero-order valence-corrected chi connectivity index (χ0v) is 16.2. The number of allylic oxidation sites excluding steroid dienone is 1. The van der Waals surface area contributed by atoms with Gasteiger partial charge in [0.05, 0.1) is 23.9 Å². The molecule has 0 saturated carbocycles. The monoisotopic (exact) mass is 432 g/mol. The Morgan fingerprint density at radius 1 is 1.27 bits per heavy atom. The van der Waals surface area contributed by atoms with Crippen molar-refractivity contribution in [3.05, 3.63) is 33.7 Å². The molecule has 0 atom stereocenters. The van der Waals surface area contributed by atoms with Crippen LogP contribution in [0.25, 0.3) is 0 Å². The minimum absolute atomic E-state index is 0.0434. The number of rotatable bonds is 5. The lowest BCUT2D eigenvalue weighted by Crippen LogP contribution is -2.39. The summed E-state index contributed by atoms with van der Waals surface area (Å²) in [5, 5.41) is 0. The van der Waals surface area contributed by atoms with Crippen LogP contribution in [-0.4, -0.2) is 31.9 Å². The smallest absolute Gasteiger partial charge is 0.461 e. The summed E-state index contributed by atoms with van der Waals surface area (Å²) >= 11 is 3.03. The first-order chi connectivity index (χ1) is 12.1. The van der Waals surface area contributed by atoms with Crippen molar-refractivity contribution < 1.29 is 33.0 Å². The summed E-state index contributed by atoms with van der Waals surface area (Å²) in [6.45, 7) is 4.69. The fourth-order valence-electron chi connectivity index (χ4n) is 1.97. The molecular weight excluding hydrogens is 415 g/mol. The summed E-state index contributed by atoms with van der Waals surface area (Å²) in [4.78, 5) is 36.2. The van der Waals surface area contributed by atoms with Gasteiger partial charge in [-0.3, -0.25) is 4.90 Å². The van der Waals surface area contributed by atoms with Gasteiger partial charge in [0, 0.05) is 6.07 Å². The number of benzene rings is 1. The minimum Gasteiger partial charge on any atom is -0.461 e. The largest absolute Gasteiger partial charge is 0.513 e. The Morgan fingerprint density at radius 2 is 1.88 bits per heavy atom. The maximum Gasteiger partial charge on any atom is 0.513 e. The molecule has 142 valence electrons. The van der Waals surface area contributed by atoms with Crippen molar-refractivity contribution in [3.8, 4) is 5.75 Å². The number of esters is 1. The first-order valence-electron chi connectivity index (χ1n) is 7.33. The molecule has 0 heterocycles. The average Bonchev–Trinajstić information content (AvgIpc) is 2.54. The topological polar surface area (TPSA) is 108 Å². The van der Waals surface area contributed by atoms with E-state index in [0.29, 0.717) is 10.5 Å². The van der Waals surface area contributed by atoms with Crippen LogP contribution in [0, 0.1) is 5.82 Å². The van der Waals surface area contributed by atoms with Crippen LogP contribution in [0.3, 0.4) is 0 Å². The van der Waals surface area contributed by atoms with Gasteiger partial charge in [0.15, 0.2) is 5.75 Å². The second-order valence-electron chi connectivity index (χ2n) is 5.03. The Kier molecular flexibility index (Phi) is 7.56. The highest BCUT2D eigenvalue weighted by molar-refractivity contribution is 9.10. The second-order valence-corrected chi connectivity index (χ2v) is 5.89. The van der Waals surface area contributed by atoms with E-state index in [4.69, 9.17) is 15.2 Å². The molecule has 8 nitrogen and oxygen atoms in total. The first kappa shape index (κ1) is 21.4. The molecule has 2 amide bonds. The molecule has 0 bridgehead atoms. The van der Waals surface area contributed by atoms with Crippen LogP contribution in [0.1, 0.15) is 20.8 Å². The number of anilines is 1. The zero-order valence-electron chi connectivity index (χ0n) is 14.6. The Labute approximate surface area is 157 Å². The number of hydrogen-bond donors (Lipinski definition) is 1. The molecular formula is C16H18BrFN2O6. The summed E-state index contributed by atoms with van der Waals surface area (Å²) in [7, 11) is 1.10. The van der Waals surface area contributed by atoms with Crippen molar-refractivity contribution in [1.82, 2.24) is 0 Å². The molecule has 26 heavy (non-hydrogen) atoms. The highest BCUT2D eigenvalue weighted by atomic mass is 79.9. The number of hydrogen-bond acceptors (Lipinski definition) is 6. The molecule has 0 aliphatic heterocycles. The van der Waals surface area contributed by atoms with E-state index in [9.17, 15) is 18.8 Å². The lowest BCUT2D eigenvalue weighted by molar-refractivity contribution is -0.138. The van der Waals surface area contributed by atoms with Crippen molar-refractivity contribution in [2.75, 3.05) is 18.6 Å². The normalized spacial score (nSPS) is 9.92. The van der Waals surface area contributed by atoms with Crippen LogP contribution < -0.4 is 15.4 Å². The van der Waals surface area contributed by atoms with Gasteiger partial charge in [-0.05, 0) is 48.3 Å². The van der Waals surface area contributed by atoms with Crippen molar-refractivity contribution in [1.29, 1.82) is 0 Å². The summed E-state index contributed by atoms with van der Waals surface area (Å²) in [5.74, 6) is -1.89. The van der Waals surface area contributed by atoms with E-state index in [1.165, 1.54) is 13.8 Å². The SMILES string of the molecule is CCOC(=O)C(=C(C)C)N(C(N)=O)c1cc(OC(=O)OC)c(Br)cc1F. The molecule has 0 unspecified atom stereocenters. The third kappa shape index (κ3) is 4.94. The predicted molar refractivity (Wildman–Crippen MR) is 94.2 cm³/mol. The number of nitrogens with zero attached hydrogens (tertiary/aromatic N) is 1. The van der Waals surface area contributed by atoms with Gasteiger partial charge >= 0.3 is 18.2 Å². The molecule has 0 aliphatic carbocycles. The lowest BCUT2D eigenvalue weighted by Gasteiger charge is -2.24. The Balaban J connectivity index is 3.57. The van der Waals surface area contributed by atoms with Crippen molar-refractivity contribution in [2.24, 2.45) is 5.73 Å². The molecule has 0 aliphatic rings. The fraction of sp³-hybridized carbons (Fsp3) is 0.312. The number of carbonyl (C=O) groups is 3. The van der Waals surface area contributed by atoms with E-state index in [2.05, 4.69) is 20.7 Å². The molecule has 1 aromatic rings. The number of halogens is 2. The van der Waals surface area contributed by atoms with Crippen LogP contribution >= 0.6 is 15.9 Å². The summed E-state index contributed by atoms with van der Waals surface area (Å²) < 4.78 is 28.8. The van der Waals surface area contributed by atoms with Crippen LogP contribution in [0.4, 0.5) is 19.7 Å². The van der Waals surface area contributed by atoms with Gasteiger partial charge < -0.3 is 19.9 Å². The molecule has 10 heteroatoms. The van der Waals surface area contributed by atoms with E-state index >= 15 is 0 Å². The van der Waals surface area contributed by atoms with E-state index in [0.717, 1.165) is 19.2 Å². The average molecular weight is 433 g/mol. The zero-order chi connectivity index (χ0) is 20.0. The third-order valence-electron chi connectivity index (χ3n) is 2.99. The van der Waals surface area contributed by atoms with Crippen LogP contribution in [-0.2, 0) is 14.3 Å². The quantitative estimate of drug-likeness (QED) is 0.433. The number of ether oxygens (including phenoxy) is 3. The van der Waals surface area contributed by atoms with Crippen molar-refractivity contribution in [2.45, 2.75) is 20.8 Å². The molecule has 1 rings (SSSR count).